The zero-order valence-corrected chi connectivity index (χ0v) is 32.1. The van der Waals surface area contributed by atoms with Crippen LogP contribution in [0.25, 0.3) is 11.1 Å². The molecule has 2 aliphatic heterocycles. The van der Waals surface area contributed by atoms with Crippen molar-refractivity contribution in [1.82, 2.24) is 0 Å². The third-order valence-corrected chi connectivity index (χ3v) is 11.9. The highest BCUT2D eigenvalue weighted by Crippen LogP contribution is 2.37. The molecule has 5 heteroatoms. The second-order valence-corrected chi connectivity index (χ2v) is 15.9. The van der Waals surface area contributed by atoms with E-state index in [4.69, 9.17) is 23.7 Å². The van der Waals surface area contributed by atoms with E-state index in [-0.39, 0.29) is 18.7 Å². The van der Waals surface area contributed by atoms with E-state index in [9.17, 15) is 0 Å². The van der Waals surface area contributed by atoms with Gasteiger partial charge in [0.15, 0.2) is 12.6 Å². The number of unbranched alkanes of at least 4 members (excludes halogenated alkanes) is 10. The van der Waals surface area contributed by atoms with Gasteiger partial charge >= 0.3 is 0 Å². The van der Waals surface area contributed by atoms with Gasteiger partial charge in [0.2, 0.25) is 0 Å². The summed E-state index contributed by atoms with van der Waals surface area (Å²) in [6.07, 6.45) is 23.5. The van der Waals surface area contributed by atoms with E-state index in [2.05, 4.69) is 76.2 Å². The Bertz CT molecular complexity index is 1170. The molecule has 6 atom stereocenters. The van der Waals surface area contributed by atoms with Crippen molar-refractivity contribution in [2.75, 3.05) is 19.8 Å². The fourth-order valence-corrected chi connectivity index (χ4v) is 8.26. The molecule has 2 aromatic carbocycles. The lowest BCUT2D eigenvalue weighted by molar-refractivity contribution is -0.257. The normalized spacial score (nSPS) is 28.8. The summed E-state index contributed by atoms with van der Waals surface area (Å²) in [7, 11) is 0. The van der Waals surface area contributed by atoms with Gasteiger partial charge in [-0.15, -0.1) is 0 Å². The third kappa shape index (κ3) is 12.3. The zero-order valence-electron chi connectivity index (χ0n) is 32.1. The van der Waals surface area contributed by atoms with Crippen molar-refractivity contribution in [3.05, 3.63) is 54.1 Å². The van der Waals surface area contributed by atoms with Gasteiger partial charge in [-0.1, -0.05) is 127 Å². The van der Waals surface area contributed by atoms with Gasteiger partial charge < -0.3 is 23.7 Å². The first-order chi connectivity index (χ1) is 24.5. The van der Waals surface area contributed by atoms with Gasteiger partial charge in [-0.25, -0.2) is 0 Å². The molecular weight excluding hydrogens is 620 g/mol. The van der Waals surface area contributed by atoms with Gasteiger partial charge in [0.05, 0.1) is 32.0 Å². The molecule has 3 aliphatic rings. The fraction of sp³-hybridized carbons (Fsp3) is 0.733. The molecule has 0 aromatic heterocycles. The summed E-state index contributed by atoms with van der Waals surface area (Å²) >= 11 is 0. The molecule has 0 N–H and O–H groups in total. The minimum atomic E-state index is -0.274. The Morgan fingerprint density at radius 1 is 0.580 bits per heavy atom. The number of ether oxygens (including phenoxy) is 5. The molecule has 3 fully saturated rings. The summed E-state index contributed by atoms with van der Waals surface area (Å²) in [4.78, 5) is 0. The van der Waals surface area contributed by atoms with Crippen molar-refractivity contribution in [1.29, 1.82) is 0 Å². The minimum absolute atomic E-state index is 0.0207. The van der Waals surface area contributed by atoms with Gasteiger partial charge in [0.25, 0.3) is 0 Å². The van der Waals surface area contributed by atoms with Gasteiger partial charge in [0, 0.05) is 23.3 Å². The Labute approximate surface area is 305 Å². The maximum Gasteiger partial charge on any atom is 0.184 e. The van der Waals surface area contributed by atoms with E-state index in [1.807, 2.05) is 0 Å². The van der Waals surface area contributed by atoms with Gasteiger partial charge in [0.1, 0.15) is 5.75 Å². The summed E-state index contributed by atoms with van der Waals surface area (Å²) in [6.45, 7) is 11.5. The molecule has 0 bridgehead atoms. The van der Waals surface area contributed by atoms with Crippen LogP contribution < -0.4 is 4.74 Å². The van der Waals surface area contributed by atoms with Crippen molar-refractivity contribution in [3.8, 4) is 16.9 Å². The predicted octanol–water partition coefficient (Wildman–Crippen LogP) is 12.5. The second kappa shape index (κ2) is 21.6. The molecule has 1 aliphatic carbocycles. The van der Waals surface area contributed by atoms with Crippen LogP contribution in [-0.2, 0) is 18.9 Å². The van der Waals surface area contributed by atoms with Crippen LogP contribution in [0.2, 0.25) is 0 Å². The van der Waals surface area contributed by atoms with E-state index in [1.165, 1.54) is 114 Å². The van der Waals surface area contributed by atoms with Gasteiger partial charge in [-0.2, -0.15) is 0 Å². The Morgan fingerprint density at radius 2 is 1.10 bits per heavy atom. The lowest BCUT2D eigenvalue weighted by atomic mass is 9.81. The highest BCUT2D eigenvalue weighted by atomic mass is 16.7. The van der Waals surface area contributed by atoms with Crippen molar-refractivity contribution >= 4 is 0 Å². The van der Waals surface area contributed by atoms with E-state index in [1.54, 1.807) is 0 Å². The summed E-state index contributed by atoms with van der Waals surface area (Å²) in [6, 6.07) is 17.2. The largest absolute Gasteiger partial charge is 0.493 e. The van der Waals surface area contributed by atoms with E-state index in [0.717, 1.165) is 44.0 Å². The number of hydrogen-bond acceptors (Lipinski definition) is 5. The predicted molar refractivity (Wildman–Crippen MR) is 205 cm³/mol. The van der Waals surface area contributed by atoms with Crippen LogP contribution in [0.15, 0.2) is 48.5 Å². The fourth-order valence-electron chi connectivity index (χ4n) is 8.26. The van der Waals surface area contributed by atoms with Gasteiger partial charge in [-0.3, -0.25) is 0 Å². The zero-order chi connectivity index (χ0) is 35.0. The summed E-state index contributed by atoms with van der Waals surface area (Å²) in [5.74, 6) is 3.11. The Morgan fingerprint density at radius 3 is 1.66 bits per heavy atom. The third-order valence-electron chi connectivity index (χ3n) is 11.9. The molecule has 5 rings (SSSR count). The Balaban J connectivity index is 0.968. The van der Waals surface area contributed by atoms with Crippen molar-refractivity contribution < 1.29 is 23.7 Å². The van der Waals surface area contributed by atoms with E-state index < -0.39 is 0 Å². The molecule has 1 unspecified atom stereocenters. The molecule has 2 aromatic rings. The summed E-state index contributed by atoms with van der Waals surface area (Å²) < 4.78 is 31.6. The quantitative estimate of drug-likeness (QED) is 0.129. The van der Waals surface area contributed by atoms with E-state index >= 15 is 0 Å². The number of benzene rings is 2. The SMILES string of the molecule is CCCCCCCC[C@@H]1CO[C@@H](c2ccc(-c3ccc(OCC4CCC([C@@H]5OC[C@@H](CCCCCCCC)[C@H](C)O5)CC4)cc3)cc2)OC1C. The summed E-state index contributed by atoms with van der Waals surface area (Å²) in [5, 5.41) is 0. The monoisotopic (exact) mass is 691 g/mol. The summed E-state index contributed by atoms with van der Waals surface area (Å²) in [5.41, 5.74) is 3.48. The Hall–Kier alpha value is -1.92. The first-order valence-electron chi connectivity index (χ1n) is 20.9. The highest BCUT2D eigenvalue weighted by Gasteiger charge is 2.35. The Kier molecular flexibility index (Phi) is 16.9. The van der Waals surface area contributed by atoms with Crippen LogP contribution in [-0.4, -0.2) is 38.3 Å². The average Bonchev–Trinajstić information content (AvgIpc) is 3.15. The van der Waals surface area contributed by atoms with Crippen molar-refractivity contribution in [2.24, 2.45) is 23.7 Å². The lowest BCUT2D eigenvalue weighted by Crippen LogP contribution is -2.43. The molecule has 2 saturated heterocycles. The maximum absolute atomic E-state index is 6.45. The van der Waals surface area contributed by atoms with Crippen LogP contribution in [0.1, 0.15) is 155 Å². The average molecular weight is 691 g/mol. The molecule has 1 saturated carbocycles. The lowest BCUT2D eigenvalue weighted by Gasteiger charge is -2.40. The van der Waals surface area contributed by atoms with E-state index in [0.29, 0.717) is 29.8 Å². The molecular formula is C45H70O5. The first-order valence-corrected chi connectivity index (χ1v) is 20.9. The van der Waals surface area contributed by atoms with Crippen molar-refractivity contribution in [3.63, 3.8) is 0 Å². The number of rotatable bonds is 20. The van der Waals surface area contributed by atoms with Crippen LogP contribution in [0.4, 0.5) is 0 Å². The highest BCUT2D eigenvalue weighted by molar-refractivity contribution is 5.64. The molecule has 5 nitrogen and oxygen atoms in total. The van der Waals surface area contributed by atoms with Gasteiger partial charge in [-0.05, 0) is 81.5 Å². The first kappa shape index (κ1) is 39.3. The molecule has 0 spiro atoms. The smallest absolute Gasteiger partial charge is 0.184 e. The second-order valence-electron chi connectivity index (χ2n) is 15.9. The molecule has 0 radical (unpaired) electrons. The number of hydrogen-bond donors (Lipinski definition) is 0. The minimum Gasteiger partial charge on any atom is -0.493 e. The standard InChI is InChI=1S/C45H70O5/c1-5-7-9-11-13-15-17-41-32-47-44(49-34(41)3)39-21-19-36(20-22-39)31-46-43-29-27-38(28-30-43)37-23-25-40(26-24-37)45-48-33-42(35(4)50-45)18-16-14-12-10-8-6-2/h23-30,34-36,39,41-42,44-45H,5-22,31-33H2,1-4H3/t34-,35?,36?,39?,41+,42+,44+,45+/m0/s1. The molecule has 0 amide bonds. The maximum atomic E-state index is 6.45. The van der Waals surface area contributed by atoms with Crippen molar-refractivity contribution in [2.45, 2.75) is 168 Å². The van der Waals surface area contributed by atoms with Crippen LogP contribution in [0, 0.1) is 23.7 Å². The molecule has 280 valence electrons. The van der Waals surface area contributed by atoms with Crippen LogP contribution in [0.3, 0.4) is 0 Å². The van der Waals surface area contributed by atoms with Crippen LogP contribution in [0.5, 0.6) is 5.75 Å². The molecule has 50 heavy (non-hydrogen) atoms. The van der Waals surface area contributed by atoms with Crippen LogP contribution >= 0.6 is 0 Å². The molecule has 2 heterocycles. The topological polar surface area (TPSA) is 46.2 Å².